The largest absolute Gasteiger partial charge is 0.454 e. The molecule has 0 aliphatic carbocycles. The van der Waals surface area contributed by atoms with Crippen LogP contribution in [0.15, 0.2) is 30.3 Å². The van der Waals surface area contributed by atoms with Gasteiger partial charge in [-0.05, 0) is 31.4 Å². The van der Waals surface area contributed by atoms with Crippen LogP contribution < -0.4 is 16.0 Å². The first-order valence-electron chi connectivity index (χ1n) is 8.42. The summed E-state index contributed by atoms with van der Waals surface area (Å²) < 4.78 is 5.03. The van der Waals surface area contributed by atoms with E-state index in [-0.39, 0.29) is 24.5 Å². The number of para-hydroxylation sites is 1. The monoisotopic (exact) mass is 349 g/mol. The van der Waals surface area contributed by atoms with Crippen LogP contribution in [0.25, 0.3) is 0 Å². The molecule has 0 radical (unpaired) electrons. The molecule has 3 amide bonds. The molecular formula is C18H27N3O4. The molecule has 0 fully saturated rings. The van der Waals surface area contributed by atoms with Crippen molar-refractivity contribution in [1.82, 2.24) is 10.6 Å². The number of hydrogen-bond donors (Lipinski definition) is 3. The molecule has 0 saturated carbocycles. The summed E-state index contributed by atoms with van der Waals surface area (Å²) in [6, 6.07) is 7.55. The van der Waals surface area contributed by atoms with Gasteiger partial charge in [-0.25, -0.2) is 9.59 Å². The molecule has 0 aromatic heterocycles. The first-order valence-corrected chi connectivity index (χ1v) is 8.42. The Morgan fingerprint density at radius 1 is 1.04 bits per heavy atom. The third-order valence-electron chi connectivity index (χ3n) is 3.60. The van der Waals surface area contributed by atoms with Gasteiger partial charge in [-0.1, -0.05) is 39.0 Å². The lowest BCUT2D eigenvalue weighted by Crippen LogP contribution is -2.47. The summed E-state index contributed by atoms with van der Waals surface area (Å²) in [6.07, 6.45) is 0.787. The Balaban J connectivity index is 2.53. The Morgan fingerprint density at radius 3 is 2.24 bits per heavy atom. The van der Waals surface area contributed by atoms with Crippen molar-refractivity contribution in [1.29, 1.82) is 0 Å². The van der Waals surface area contributed by atoms with E-state index in [1.165, 1.54) is 0 Å². The van der Waals surface area contributed by atoms with Gasteiger partial charge in [0, 0.05) is 11.7 Å². The summed E-state index contributed by atoms with van der Waals surface area (Å²) in [5, 5.41) is 7.94. The minimum absolute atomic E-state index is 0.0156. The van der Waals surface area contributed by atoms with E-state index >= 15 is 0 Å². The smallest absolute Gasteiger partial charge is 0.329 e. The van der Waals surface area contributed by atoms with Gasteiger partial charge in [0.15, 0.2) is 6.61 Å². The van der Waals surface area contributed by atoms with E-state index in [1.54, 1.807) is 38.1 Å². The fraction of sp³-hybridized carbons (Fsp3) is 0.500. The Morgan fingerprint density at radius 2 is 1.68 bits per heavy atom. The maximum atomic E-state index is 12.2. The number of hydrogen-bond acceptors (Lipinski definition) is 4. The van der Waals surface area contributed by atoms with Crippen molar-refractivity contribution in [2.24, 2.45) is 5.92 Å². The van der Waals surface area contributed by atoms with Gasteiger partial charge < -0.3 is 20.7 Å². The van der Waals surface area contributed by atoms with Crippen LogP contribution in [-0.4, -0.2) is 36.6 Å². The zero-order valence-electron chi connectivity index (χ0n) is 15.2. The van der Waals surface area contributed by atoms with Crippen LogP contribution in [0.1, 0.15) is 34.1 Å². The number of benzene rings is 1. The summed E-state index contributed by atoms with van der Waals surface area (Å²) >= 11 is 0. The van der Waals surface area contributed by atoms with Crippen LogP contribution in [0.4, 0.5) is 10.5 Å². The molecule has 7 heteroatoms. The Labute approximate surface area is 148 Å². The van der Waals surface area contributed by atoms with Crippen LogP contribution >= 0.6 is 0 Å². The summed E-state index contributed by atoms with van der Waals surface area (Å²) in [4.78, 5) is 35.9. The molecule has 7 nitrogen and oxygen atoms in total. The highest BCUT2D eigenvalue weighted by Crippen LogP contribution is 2.07. The maximum absolute atomic E-state index is 12.2. The topological polar surface area (TPSA) is 96.5 Å². The molecule has 1 rings (SSSR count). The van der Waals surface area contributed by atoms with E-state index in [4.69, 9.17) is 4.74 Å². The van der Waals surface area contributed by atoms with Crippen LogP contribution in [0.2, 0.25) is 0 Å². The van der Waals surface area contributed by atoms with Crippen LogP contribution in [0.5, 0.6) is 0 Å². The highest BCUT2D eigenvalue weighted by molar-refractivity contribution is 5.93. The summed E-state index contributed by atoms with van der Waals surface area (Å²) in [5.41, 5.74) is 0.615. The van der Waals surface area contributed by atoms with Gasteiger partial charge in [0.25, 0.3) is 5.91 Å². The van der Waals surface area contributed by atoms with Gasteiger partial charge in [0.05, 0.1) is 0 Å². The van der Waals surface area contributed by atoms with Crippen LogP contribution in [0, 0.1) is 5.92 Å². The maximum Gasteiger partial charge on any atom is 0.329 e. The number of esters is 1. The molecule has 25 heavy (non-hydrogen) atoms. The van der Waals surface area contributed by atoms with Gasteiger partial charge >= 0.3 is 12.0 Å². The van der Waals surface area contributed by atoms with Gasteiger partial charge in [0.2, 0.25) is 0 Å². The van der Waals surface area contributed by atoms with Gasteiger partial charge in [0.1, 0.15) is 6.04 Å². The second kappa shape index (κ2) is 10.3. The van der Waals surface area contributed by atoms with Crippen molar-refractivity contribution in [2.75, 3.05) is 11.9 Å². The van der Waals surface area contributed by atoms with Gasteiger partial charge in [-0.3, -0.25) is 4.79 Å². The summed E-state index contributed by atoms with van der Waals surface area (Å²) in [7, 11) is 0. The average Bonchev–Trinajstić information content (AvgIpc) is 2.58. The van der Waals surface area contributed by atoms with Crippen molar-refractivity contribution < 1.29 is 19.1 Å². The standard InChI is InChI=1S/C18H27N3O4/c1-5-13(4)19-15(22)11-25-17(23)16(12(2)3)21-18(24)20-14-9-7-6-8-10-14/h6-10,12-13,16H,5,11H2,1-4H3,(H,19,22)(H2,20,21,24)/t13-,16+/m0/s1. The first kappa shape index (κ1) is 20.5. The minimum Gasteiger partial charge on any atom is -0.454 e. The van der Waals surface area contributed by atoms with E-state index in [2.05, 4.69) is 16.0 Å². The van der Waals surface area contributed by atoms with Crippen molar-refractivity contribution in [3.05, 3.63) is 30.3 Å². The molecule has 0 unspecified atom stereocenters. The number of carbonyl (C=O) groups excluding carboxylic acids is 3. The van der Waals surface area contributed by atoms with Crippen LogP contribution in [0.3, 0.4) is 0 Å². The first-order chi connectivity index (χ1) is 11.8. The van der Waals surface area contributed by atoms with Crippen molar-refractivity contribution in [3.63, 3.8) is 0 Å². The molecule has 1 aromatic carbocycles. The number of rotatable bonds is 8. The molecule has 138 valence electrons. The van der Waals surface area contributed by atoms with E-state index < -0.39 is 18.0 Å². The number of ether oxygens (including phenoxy) is 1. The second-order valence-corrected chi connectivity index (χ2v) is 6.17. The average molecular weight is 349 g/mol. The van der Waals surface area contributed by atoms with Crippen molar-refractivity contribution in [2.45, 2.75) is 46.2 Å². The van der Waals surface area contributed by atoms with E-state index in [9.17, 15) is 14.4 Å². The van der Waals surface area contributed by atoms with Crippen LogP contribution in [-0.2, 0) is 14.3 Å². The molecule has 0 bridgehead atoms. The molecule has 0 heterocycles. The Hall–Kier alpha value is -2.57. The van der Waals surface area contributed by atoms with Crippen molar-refractivity contribution >= 4 is 23.6 Å². The van der Waals surface area contributed by atoms with Crippen molar-refractivity contribution in [3.8, 4) is 0 Å². The highest BCUT2D eigenvalue weighted by Gasteiger charge is 2.26. The summed E-state index contributed by atoms with van der Waals surface area (Å²) in [5.74, 6) is -1.19. The van der Waals surface area contributed by atoms with E-state index in [0.717, 1.165) is 6.42 Å². The molecule has 0 aliphatic heterocycles. The predicted molar refractivity (Wildman–Crippen MR) is 96.1 cm³/mol. The molecule has 0 aliphatic rings. The zero-order chi connectivity index (χ0) is 18.8. The fourth-order valence-electron chi connectivity index (χ4n) is 1.97. The number of nitrogens with one attached hydrogen (secondary N) is 3. The number of urea groups is 1. The number of anilines is 1. The Kier molecular flexibility index (Phi) is 8.46. The molecule has 0 spiro atoms. The third-order valence-corrected chi connectivity index (χ3v) is 3.60. The quantitative estimate of drug-likeness (QED) is 0.627. The number of carbonyl (C=O) groups is 3. The normalized spacial score (nSPS) is 12.8. The number of amides is 3. The minimum atomic E-state index is -0.847. The molecule has 2 atom stereocenters. The van der Waals surface area contributed by atoms with E-state index in [0.29, 0.717) is 5.69 Å². The van der Waals surface area contributed by atoms with Gasteiger partial charge in [-0.2, -0.15) is 0 Å². The SMILES string of the molecule is CC[C@H](C)NC(=O)COC(=O)[C@H](NC(=O)Nc1ccccc1)C(C)C. The molecule has 3 N–H and O–H groups in total. The predicted octanol–water partition coefficient (Wildman–Crippen LogP) is 2.29. The fourth-order valence-corrected chi connectivity index (χ4v) is 1.97. The lowest BCUT2D eigenvalue weighted by Gasteiger charge is -2.21. The third kappa shape index (κ3) is 7.69. The van der Waals surface area contributed by atoms with Gasteiger partial charge in [-0.15, -0.1) is 0 Å². The molecular weight excluding hydrogens is 322 g/mol. The highest BCUT2D eigenvalue weighted by atomic mass is 16.5. The lowest BCUT2D eigenvalue weighted by molar-refractivity contribution is -0.151. The molecule has 0 saturated heterocycles. The zero-order valence-corrected chi connectivity index (χ0v) is 15.2. The van der Waals surface area contributed by atoms with E-state index in [1.807, 2.05) is 19.9 Å². The second-order valence-electron chi connectivity index (χ2n) is 6.17. The Bertz CT molecular complexity index is 575. The lowest BCUT2D eigenvalue weighted by atomic mass is 10.1. The molecule has 1 aromatic rings. The summed E-state index contributed by atoms with van der Waals surface area (Å²) in [6.45, 7) is 7.02.